The van der Waals surface area contributed by atoms with Crippen molar-refractivity contribution < 1.29 is 4.39 Å². The Bertz CT molecular complexity index is 505. The summed E-state index contributed by atoms with van der Waals surface area (Å²) in [6.07, 6.45) is 3.83. The second kappa shape index (κ2) is 6.03. The molecule has 0 aliphatic carbocycles. The zero-order valence-electron chi connectivity index (χ0n) is 13.1. The third kappa shape index (κ3) is 2.85. The van der Waals surface area contributed by atoms with E-state index in [2.05, 4.69) is 16.8 Å². The van der Waals surface area contributed by atoms with Crippen molar-refractivity contribution in [1.82, 2.24) is 9.80 Å². The zero-order chi connectivity index (χ0) is 15.0. The van der Waals surface area contributed by atoms with Gasteiger partial charge in [0.1, 0.15) is 5.82 Å². The third-order valence-corrected chi connectivity index (χ3v) is 5.41. The fourth-order valence-corrected chi connectivity index (χ4v) is 3.99. The Hall–Kier alpha value is -0.970. The number of nitrogens with zero attached hydrogens (tertiary/aromatic N) is 2. The molecule has 2 N–H and O–H groups in total. The van der Waals surface area contributed by atoms with Gasteiger partial charge >= 0.3 is 0 Å². The van der Waals surface area contributed by atoms with E-state index in [9.17, 15) is 4.39 Å². The highest BCUT2D eigenvalue weighted by atomic mass is 19.1. The number of rotatable bonds is 3. The Morgan fingerprint density at radius 3 is 2.76 bits per heavy atom. The van der Waals surface area contributed by atoms with Crippen molar-refractivity contribution in [3.8, 4) is 0 Å². The van der Waals surface area contributed by atoms with Gasteiger partial charge in [0.05, 0.1) is 0 Å². The first-order valence-corrected chi connectivity index (χ1v) is 8.02. The van der Waals surface area contributed by atoms with Gasteiger partial charge in [0, 0.05) is 37.8 Å². The summed E-state index contributed by atoms with van der Waals surface area (Å²) in [5.74, 6) is -0.135. The molecule has 0 aromatic heterocycles. The van der Waals surface area contributed by atoms with E-state index < -0.39 is 0 Å². The van der Waals surface area contributed by atoms with E-state index in [0.717, 1.165) is 24.7 Å². The van der Waals surface area contributed by atoms with Gasteiger partial charge in [-0.1, -0.05) is 12.1 Å². The SMILES string of the molecule is Cc1cc(C(CN)N2CCC3CCC(C2)N3C)ccc1F. The molecule has 2 bridgehead atoms. The van der Waals surface area contributed by atoms with Gasteiger partial charge in [0.2, 0.25) is 0 Å². The largest absolute Gasteiger partial charge is 0.329 e. The Balaban J connectivity index is 1.81. The molecule has 2 aliphatic heterocycles. The number of nitrogens with two attached hydrogens (primary N) is 1. The van der Waals surface area contributed by atoms with Gasteiger partial charge < -0.3 is 5.73 Å². The topological polar surface area (TPSA) is 32.5 Å². The number of halogens is 1. The number of hydrogen-bond donors (Lipinski definition) is 1. The molecular formula is C17H26FN3. The first-order chi connectivity index (χ1) is 10.1. The molecule has 3 rings (SSSR count). The molecule has 3 unspecified atom stereocenters. The maximum atomic E-state index is 13.5. The monoisotopic (exact) mass is 291 g/mol. The number of likely N-dealkylation sites (N-methyl/N-ethyl adjacent to an activating group) is 1. The van der Waals surface area contributed by atoms with Gasteiger partial charge in [-0.25, -0.2) is 4.39 Å². The maximum Gasteiger partial charge on any atom is 0.126 e. The molecule has 0 spiro atoms. The van der Waals surface area contributed by atoms with Crippen LogP contribution in [0.1, 0.15) is 36.4 Å². The lowest BCUT2D eigenvalue weighted by Crippen LogP contribution is -2.40. The Morgan fingerprint density at radius 1 is 1.29 bits per heavy atom. The standard InChI is InChI=1S/C17H26FN3/c1-12-9-13(3-6-16(12)18)17(10-19)21-8-7-14-4-5-15(11-21)20(14)2/h3,6,9,14-15,17H,4-5,7-8,10-11,19H2,1-2H3. The Labute approximate surface area is 126 Å². The summed E-state index contributed by atoms with van der Waals surface area (Å²) in [6, 6.07) is 7.01. The molecule has 2 heterocycles. The minimum Gasteiger partial charge on any atom is -0.329 e. The number of aryl methyl sites for hydroxylation is 1. The molecule has 3 atom stereocenters. The lowest BCUT2D eigenvalue weighted by Gasteiger charge is -2.33. The summed E-state index contributed by atoms with van der Waals surface area (Å²) in [4.78, 5) is 5.05. The van der Waals surface area contributed by atoms with Crippen LogP contribution in [0.25, 0.3) is 0 Å². The van der Waals surface area contributed by atoms with Crippen LogP contribution in [-0.2, 0) is 0 Å². The fourth-order valence-electron chi connectivity index (χ4n) is 3.99. The summed E-state index contributed by atoms with van der Waals surface area (Å²) in [6.45, 7) is 4.58. The van der Waals surface area contributed by atoms with Crippen LogP contribution in [0.5, 0.6) is 0 Å². The summed E-state index contributed by atoms with van der Waals surface area (Å²) >= 11 is 0. The summed E-state index contributed by atoms with van der Waals surface area (Å²) < 4.78 is 13.5. The Kier molecular flexibility index (Phi) is 4.29. The minimum atomic E-state index is -0.135. The van der Waals surface area contributed by atoms with Crippen LogP contribution in [0.3, 0.4) is 0 Å². The fraction of sp³-hybridized carbons (Fsp3) is 0.647. The molecule has 4 heteroatoms. The molecule has 1 aromatic carbocycles. The summed E-state index contributed by atoms with van der Waals surface area (Å²) in [5.41, 5.74) is 7.92. The average Bonchev–Trinajstić information content (AvgIpc) is 2.70. The molecule has 1 aromatic rings. The van der Waals surface area contributed by atoms with Gasteiger partial charge in [0.15, 0.2) is 0 Å². The number of likely N-dealkylation sites (tertiary alicyclic amines) is 1. The van der Waals surface area contributed by atoms with Crippen LogP contribution in [0, 0.1) is 12.7 Å². The van der Waals surface area contributed by atoms with Crippen molar-refractivity contribution >= 4 is 0 Å². The Morgan fingerprint density at radius 2 is 2.05 bits per heavy atom. The van der Waals surface area contributed by atoms with E-state index in [-0.39, 0.29) is 11.9 Å². The first kappa shape index (κ1) is 14.9. The van der Waals surface area contributed by atoms with E-state index in [1.165, 1.54) is 19.3 Å². The highest BCUT2D eigenvalue weighted by Gasteiger charge is 2.36. The van der Waals surface area contributed by atoms with E-state index in [4.69, 9.17) is 5.73 Å². The van der Waals surface area contributed by atoms with Crippen molar-refractivity contribution in [2.24, 2.45) is 5.73 Å². The quantitative estimate of drug-likeness (QED) is 0.927. The van der Waals surface area contributed by atoms with Crippen molar-refractivity contribution in [2.45, 2.75) is 44.3 Å². The molecule has 2 fully saturated rings. The van der Waals surface area contributed by atoms with Gasteiger partial charge in [0.25, 0.3) is 0 Å². The van der Waals surface area contributed by atoms with Crippen molar-refractivity contribution in [1.29, 1.82) is 0 Å². The molecule has 2 aliphatic rings. The van der Waals surface area contributed by atoms with Crippen LogP contribution in [-0.4, -0.2) is 48.6 Å². The second-order valence-electron chi connectivity index (χ2n) is 6.59. The van der Waals surface area contributed by atoms with E-state index in [1.54, 1.807) is 6.07 Å². The van der Waals surface area contributed by atoms with Crippen LogP contribution in [0.15, 0.2) is 18.2 Å². The van der Waals surface area contributed by atoms with Crippen LogP contribution < -0.4 is 5.73 Å². The van der Waals surface area contributed by atoms with Crippen molar-refractivity contribution in [3.05, 3.63) is 35.1 Å². The minimum absolute atomic E-state index is 0.135. The molecule has 0 saturated carbocycles. The highest BCUT2D eigenvalue weighted by molar-refractivity contribution is 5.27. The van der Waals surface area contributed by atoms with Crippen molar-refractivity contribution in [3.63, 3.8) is 0 Å². The second-order valence-corrected chi connectivity index (χ2v) is 6.59. The average molecular weight is 291 g/mol. The molecule has 0 amide bonds. The molecule has 2 saturated heterocycles. The predicted molar refractivity (Wildman–Crippen MR) is 83.7 cm³/mol. The maximum absolute atomic E-state index is 13.5. The van der Waals surface area contributed by atoms with Gasteiger partial charge in [-0.3, -0.25) is 9.80 Å². The van der Waals surface area contributed by atoms with E-state index in [1.807, 2.05) is 19.1 Å². The van der Waals surface area contributed by atoms with Crippen LogP contribution >= 0.6 is 0 Å². The van der Waals surface area contributed by atoms with Gasteiger partial charge in [-0.15, -0.1) is 0 Å². The number of benzene rings is 1. The first-order valence-electron chi connectivity index (χ1n) is 8.02. The molecule has 3 nitrogen and oxygen atoms in total. The van der Waals surface area contributed by atoms with Crippen molar-refractivity contribution in [2.75, 3.05) is 26.7 Å². The molecule has 0 radical (unpaired) electrons. The van der Waals surface area contributed by atoms with E-state index in [0.29, 0.717) is 18.2 Å². The molecule has 21 heavy (non-hydrogen) atoms. The van der Waals surface area contributed by atoms with Crippen LogP contribution in [0.4, 0.5) is 4.39 Å². The molecular weight excluding hydrogens is 265 g/mol. The summed E-state index contributed by atoms with van der Waals surface area (Å²) in [5, 5.41) is 0. The predicted octanol–water partition coefficient (Wildman–Crippen LogP) is 2.30. The van der Waals surface area contributed by atoms with Crippen LogP contribution in [0.2, 0.25) is 0 Å². The van der Waals surface area contributed by atoms with Gasteiger partial charge in [-0.2, -0.15) is 0 Å². The highest BCUT2D eigenvalue weighted by Crippen LogP contribution is 2.32. The lowest BCUT2D eigenvalue weighted by atomic mass is 10.00. The van der Waals surface area contributed by atoms with Gasteiger partial charge in [-0.05, 0) is 50.4 Å². The smallest absolute Gasteiger partial charge is 0.126 e. The molecule has 116 valence electrons. The number of fused-ring (bicyclic) bond motifs is 2. The normalized spacial score (nSPS) is 28.6. The third-order valence-electron chi connectivity index (χ3n) is 5.41. The lowest BCUT2D eigenvalue weighted by molar-refractivity contribution is 0.175. The number of hydrogen-bond acceptors (Lipinski definition) is 3. The zero-order valence-corrected chi connectivity index (χ0v) is 13.1. The van der Waals surface area contributed by atoms with E-state index >= 15 is 0 Å². The summed E-state index contributed by atoms with van der Waals surface area (Å²) in [7, 11) is 2.26.